The lowest BCUT2D eigenvalue weighted by molar-refractivity contribution is 0.552. The Morgan fingerprint density at radius 1 is 1.19 bits per heavy atom. The molecular formula is C21H21N5O2S3. The molecule has 5 rings (SSSR count). The van der Waals surface area contributed by atoms with Crippen molar-refractivity contribution in [3.8, 4) is 11.1 Å². The zero-order chi connectivity index (χ0) is 21.6. The first-order valence-corrected chi connectivity index (χ1v) is 13.5. The van der Waals surface area contributed by atoms with Crippen LogP contribution in [0.2, 0.25) is 0 Å². The second-order valence-electron chi connectivity index (χ2n) is 7.80. The first-order chi connectivity index (χ1) is 14.9. The third-order valence-electron chi connectivity index (χ3n) is 5.51. The van der Waals surface area contributed by atoms with Crippen LogP contribution in [0.5, 0.6) is 0 Å². The van der Waals surface area contributed by atoms with E-state index in [0.29, 0.717) is 12.8 Å². The van der Waals surface area contributed by atoms with Gasteiger partial charge in [0.2, 0.25) is 0 Å². The van der Waals surface area contributed by atoms with Crippen LogP contribution in [0.15, 0.2) is 45.9 Å². The molecule has 0 spiro atoms. The number of rotatable bonds is 5. The lowest BCUT2D eigenvalue weighted by Crippen LogP contribution is -2.11. The highest BCUT2D eigenvalue weighted by Gasteiger charge is 2.29. The largest absolute Gasteiger partial charge is 0.309 e. The molecule has 1 atom stereocenters. The van der Waals surface area contributed by atoms with Crippen LogP contribution in [0.3, 0.4) is 0 Å². The van der Waals surface area contributed by atoms with Crippen LogP contribution >= 0.6 is 23.1 Å². The average Bonchev–Trinajstić information content (AvgIpc) is 3.41. The van der Waals surface area contributed by atoms with Crippen molar-refractivity contribution in [3.63, 3.8) is 0 Å². The van der Waals surface area contributed by atoms with Gasteiger partial charge in [-0.05, 0) is 36.6 Å². The summed E-state index contributed by atoms with van der Waals surface area (Å²) >= 11 is 3.09. The molecule has 7 nitrogen and oxygen atoms in total. The lowest BCUT2D eigenvalue weighted by atomic mass is 10.1. The Morgan fingerprint density at radius 3 is 2.74 bits per heavy atom. The Morgan fingerprint density at radius 2 is 2.00 bits per heavy atom. The molecule has 1 fully saturated rings. The fraction of sp³-hybridized carbons (Fsp3) is 0.333. The predicted octanol–water partition coefficient (Wildman–Crippen LogP) is 3.92. The zero-order valence-electron chi connectivity index (χ0n) is 17.1. The van der Waals surface area contributed by atoms with Gasteiger partial charge in [0.25, 0.3) is 0 Å². The molecule has 1 aliphatic heterocycles. The molecule has 160 valence electrons. The van der Waals surface area contributed by atoms with E-state index in [9.17, 15) is 8.42 Å². The molecule has 1 aromatic carbocycles. The number of sulfone groups is 1. The summed E-state index contributed by atoms with van der Waals surface area (Å²) in [4.78, 5) is 10.3. The molecule has 0 aliphatic carbocycles. The van der Waals surface area contributed by atoms with Gasteiger partial charge in [0, 0.05) is 24.4 Å². The number of benzene rings is 1. The van der Waals surface area contributed by atoms with E-state index in [1.165, 1.54) is 11.8 Å². The van der Waals surface area contributed by atoms with Crippen molar-refractivity contribution in [2.24, 2.45) is 13.0 Å². The smallest absolute Gasteiger partial charge is 0.197 e. The first kappa shape index (κ1) is 20.6. The summed E-state index contributed by atoms with van der Waals surface area (Å²) in [6, 6.07) is 10.2. The maximum atomic E-state index is 11.8. The lowest BCUT2D eigenvalue weighted by Gasteiger charge is -2.09. The maximum absolute atomic E-state index is 11.8. The summed E-state index contributed by atoms with van der Waals surface area (Å²) in [5.74, 6) is 2.15. The second-order valence-corrected chi connectivity index (χ2v) is 11.8. The number of aromatic nitrogens is 5. The Kier molecular flexibility index (Phi) is 5.31. The topological polar surface area (TPSA) is 90.6 Å². The van der Waals surface area contributed by atoms with E-state index in [4.69, 9.17) is 4.98 Å². The molecule has 0 N–H and O–H groups in total. The highest BCUT2D eigenvalue weighted by atomic mass is 32.2. The monoisotopic (exact) mass is 471 g/mol. The van der Waals surface area contributed by atoms with E-state index >= 15 is 0 Å². The van der Waals surface area contributed by atoms with Crippen molar-refractivity contribution in [2.45, 2.75) is 29.9 Å². The van der Waals surface area contributed by atoms with Crippen molar-refractivity contribution < 1.29 is 8.42 Å². The molecule has 0 radical (unpaired) electrons. The number of fused-ring (bicyclic) bond motifs is 1. The molecule has 4 heterocycles. The van der Waals surface area contributed by atoms with Gasteiger partial charge in [0.15, 0.2) is 15.0 Å². The number of hydrogen-bond acceptors (Lipinski definition) is 8. The molecule has 1 unspecified atom stereocenters. The molecule has 0 bridgehead atoms. The Hall–Kier alpha value is -2.30. The van der Waals surface area contributed by atoms with Gasteiger partial charge in [0.05, 0.1) is 16.9 Å². The van der Waals surface area contributed by atoms with Gasteiger partial charge in [-0.25, -0.2) is 18.4 Å². The van der Waals surface area contributed by atoms with Gasteiger partial charge in [-0.3, -0.25) is 0 Å². The van der Waals surface area contributed by atoms with Crippen LogP contribution in [0.25, 0.3) is 21.3 Å². The summed E-state index contributed by atoms with van der Waals surface area (Å²) < 4.78 is 25.5. The van der Waals surface area contributed by atoms with Crippen LogP contribution in [0, 0.1) is 12.8 Å². The average molecular weight is 472 g/mol. The van der Waals surface area contributed by atoms with Gasteiger partial charge in [-0.2, -0.15) is 0 Å². The number of thiophene rings is 1. The molecule has 1 aliphatic rings. The Balaban J connectivity index is 1.49. The van der Waals surface area contributed by atoms with Crippen LogP contribution in [0.4, 0.5) is 0 Å². The van der Waals surface area contributed by atoms with E-state index in [1.54, 1.807) is 11.3 Å². The van der Waals surface area contributed by atoms with E-state index in [0.717, 1.165) is 43.2 Å². The van der Waals surface area contributed by atoms with Crippen molar-refractivity contribution in [1.82, 2.24) is 24.7 Å². The summed E-state index contributed by atoms with van der Waals surface area (Å²) in [6.07, 6.45) is 1.31. The van der Waals surface area contributed by atoms with Gasteiger partial charge in [0.1, 0.15) is 21.5 Å². The Labute approximate surface area is 188 Å². The molecule has 31 heavy (non-hydrogen) atoms. The SMILES string of the molecule is Cc1nc(Sc2nnc(CC3CCS(=O)(=O)C3)n2C)c2c(-c3ccccc3)csc2n1. The normalized spacial score (nSPS) is 18.1. The summed E-state index contributed by atoms with van der Waals surface area (Å²) in [5.41, 5.74) is 2.24. The second kappa shape index (κ2) is 7.99. The zero-order valence-corrected chi connectivity index (χ0v) is 19.6. The highest BCUT2D eigenvalue weighted by molar-refractivity contribution is 7.99. The molecule has 3 aromatic heterocycles. The fourth-order valence-corrected chi connectivity index (χ4v) is 7.81. The number of nitrogens with zero attached hydrogens (tertiary/aromatic N) is 5. The van der Waals surface area contributed by atoms with Gasteiger partial charge >= 0.3 is 0 Å². The van der Waals surface area contributed by atoms with Crippen molar-refractivity contribution in [2.75, 3.05) is 11.5 Å². The Bertz CT molecular complexity index is 1360. The summed E-state index contributed by atoms with van der Waals surface area (Å²) in [5, 5.41) is 13.5. The summed E-state index contributed by atoms with van der Waals surface area (Å²) in [6.45, 7) is 1.90. The number of aryl methyl sites for hydroxylation is 1. The molecular weight excluding hydrogens is 450 g/mol. The van der Waals surface area contributed by atoms with Gasteiger partial charge in [-0.15, -0.1) is 21.5 Å². The quantitative estimate of drug-likeness (QED) is 0.407. The molecule has 1 saturated heterocycles. The van der Waals surface area contributed by atoms with Crippen LogP contribution in [-0.2, 0) is 23.3 Å². The van der Waals surface area contributed by atoms with Gasteiger partial charge < -0.3 is 4.57 Å². The van der Waals surface area contributed by atoms with E-state index in [1.807, 2.05) is 36.7 Å². The third-order valence-corrected chi connectivity index (χ3v) is 9.24. The standard InChI is InChI=1S/C21H21N5O2S3/c1-13-22-19-18(16(11-29-19)15-6-4-3-5-7-15)20(23-13)30-21-25-24-17(26(21)2)10-14-8-9-31(27,28)12-14/h3-7,11,14H,8-10,12H2,1-2H3. The van der Waals surface area contributed by atoms with Crippen molar-refractivity contribution in [1.29, 1.82) is 0 Å². The molecule has 10 heteroatoms. The minimum Gasteiger partial charge on any atom is -0.309 e. The third kappa shape index (κ3) is 4.11. The number of hydrogen-bond donors (Lipinski definition) is 0. The highest BCUT2D eigenvalue weighted by Crippen LogP contribution is 2.40. The van der Waals surface area contributed by atoms with Crippen molar-refractivity contribution in [3.05, 3.63) is 47.4 Å². The predicted molar refractivity (Wildman–Crippen MR) is 123 cm³/mol. The fourth-order valence-electron chi connectivity index (χ4n) is 3.90. The van der Waals surface area contributed by atoms with E-state index in [-0.39, 0.29) is 17.4 Å². The molecule has 0 saturated carbocycles. The van der Waals surface area contributed by atoms with Crippen LogP contribution < -0.4 is 0 Å². The summed E-state index contributed by atoms with van der Waals surface area (Å²) in [7, 11) is -0.974. The van der Waals surface area contributed by atoms with E-state index in [2.05, 4.69) is 32.7 Å². The minimum absolute atomic E-state index is 0.111. The first-order valence-electron chi connectivity index (χ1n) is 9.97. The van der Waals surface area contributed by atoms with Gasteiger partial charge in [-0.1, -0.05) is 30.3 Å². The van der Waals surface area contributed by atoms with E-state index < -0.39 is 9.84 Å². The molecule has 0 amide bonds. The van der Waals surface area contributed by atoms with Crippen LogP contribution in [0.1, 0.15) is 18.1 Å². The van der Waals surface area contributed by atoms with Crippen molar-refractivity contribution >= 4 is 43.2 Å². The minimum atomic E-state index is -2.90. The molecule has 4 aromatic rings. The van der Waals surface area contributed by atoms with Crippen LogP contribution in [-0.4, -0.2) is 44.7 Å². The maximum Gasteiger partial charge on any atom is 0.197 e.